The number of hydrogen-bond donors (Lipinski definition) is 2. The summed E-state index contributed by atoms with van der Waals surface area (Å²) in [6.07, 6.45) is 1.93. The molecule has 1 aromatic carbocycles. The smallest absolute Gasteiger partial charge is 0.131 e. The van der Waals surface area contributed by atoms with Crippen LogP contribution in [0.1, 0.15) is 37.8 Å². The Labute approximate surface area is 107 Å². The lowest BCUT2D eigenvalue weighted by molar-refractivity contribution is 0.0602. The van der Waals surface area contributed by atoms with Gasteiger partial charge in [0.25, 0.3) is 0 Å². The highest BCUT2D eigenvalue weighted by molar-refractivity contribution is 5.31. The molecule has 1 aromatic rings. The fraction of sp³-hybridized carbons (Fsp3) is 0.571. The van der Waals surface area contributed by atoms with E-state index in [1.165, 1.54) is 6.07 Å². The van der Waals surface area contributed by atoms with Gasteiger partial charge in [-0.1, -0.05) is 6.07 Å². The Morgan fingerprint density at radius 1 is 1.44 bits per heavy atom. The molecule has 0 bridgehead atoms. The summed E-state index contributed by atoms with van der Waals surface area (Å²) in [5, 5.41) is 12.7. The third-order valence-electron chi connectivity index (χ3n) is 3.58. The van der Waals surface area contributed by atoms with E-state index in [1.807, 2.05) is 6.92 Å². The lowest BCUT2D eigenvalue weighted by Gasteiger charge is -2.18. The monoisotopic (exact) mass is 253 g/mol. The highest BCUT2D eigenvalue weighted by Crippen LogP contribution is 2.27. The van der Waals surface area contributed by atoms with E-state index in [9.17, 15) is 9.50 Å². The summed E-state index contributed by atoms with van der Waals surface area (Å²) in [5.74, 6) is 0.215. The Bertz CT molecular complexity index is 411. The first-order valence-corrected chi connectivity index (χ1v) is 6.43. The van der Waals surface area contributed by atoms with Crippen LogP contribution in [0.3, 0.4) is 0 Å². The Morgan fingerprint density at radius 2 is 2.22 bits per heavy atom. The molecule has 1 fully saturated rings. The second-order valence-corrected chi connectivity index (χ2v) is 4.85. The van der Waals surface area contributed by atoms with E-state index in [-0.39, 0.29) is 18.0 Å². The molecule has 0 amide bonds. The minimum absolute atomic E-state index is 0.0314. The fourth-order valence-corrected chi connectivity index (χ4v) is 2.31. The molecule has 3 atom stereocenters. The maximum Gasteiger partial charge on any atom is 0.131 e. The largest absolute Gasteiger partial charge is 0.488 e. The molecule has 0 radical (unpaired) electrons. The highest BCUT2D eigenvalue weighted by Gasteiger charge is 2.27. The van der Waals surface area contributed by atoms with Crippen molar-refractivity contribution in [3.63, 3.8) is 0 Å². The summed E-state index contributed by atoms with van der Waals surface area (Å²) in [6.45, 7) is 1.90. The SMILES string of the molecule is CNC(C)c1ccc(OC2CCCC2O)cc1F. The zero-order valence-electron chi connectivity index (χ0n) is 10.8. The maximum absolute atomic E-state index is 13.9. The molecule has 3 unspecified atom stereocenters. The van der Waals surface area contributed by atoms with Gasteiger partial charge in [-0.05, 0) is 39.3 Å². The van der Waals surface area contributed by atoms with Crippen LogP contribution in [0.4, 0.5) is 4.39 Å². The second-order valence-electron chi connectivity index (χ2n) is 4.85. The molecule has 1 aliphatic carbocycles. The molecular weight excluding hydrogens is 233 g/mol. The van der Waals surface area contributed by atoms with Crippen LogP contribution in [0.5, 0.6) is 5.75 Å². The Morgan fingerprint density at radius 3 is 2.78 bits per heavy atom. The first-order chi connectivity index (χ1) is 8.61. The van der Waals surface area contributed by atoms with E-state index in [4.69, 9.17) is 4.74 Å². The van der Waals surface area contributed by atoms with Gasteiger partial charge in [0.1, 0.15) is 17.7 Å². The Balaban J connectivity index is 2.09. The van der Waals surface area contributed by atoms with Crippen LogP contribution in [-0.2, 0) is 0 Å². The van der Waals surface area contributed by atoms with Crippen LogP contribution >= 0.6 is 0 Å². The third kappa shape index (κ3) is 2.82. The van der Waals surface area contributed by atoms with Crippen molar-refractivity contribution < 1.29 is 14.2 Å². The van der Waals surface area contributed by atoms with Crippen molar-refractivity contribution in [3.8, 4) is 5.75 Å². The van der Waals surface area contributed by atoms with E-state index < -0.39 is 6.10 Å². The molecule has 0 saturated heterocycles. The summed E-state index contributed by atoms with van der Waals surface area (Å²) in [4.78, 5) is 0. The van der Waals surface area contributed by atoms with Crippen LogP contribution in [0, 0.1) is 5.82 Å². The van der Waals surface area contributed by atoms with Gasteiger partial charge in [-0.25, -0.2) is 4.39 Å². The van der Waals surface area contributed by atoms with Gasteiger partial charge < -0.3 is 15.2 Å². The molecule has 4 heteroatoms. The van der Waals surface area contributed by atoms with E-state index in [0.29, 0.717) is 11.3 Å². The Hall–Kier alpha value is -1.13. The summed E-state index contributed by atoms with van der Waals surface area (Å²) < 4.78 is 19.5. The van der Waals surface area contributed by atoms with E-state index in [1.54, 1.807) is 19.2 Å². The van der Waals surface area contributed by atoms with E-state index in [0.717, 1.165) is 19.3 Å². The van der Waals surface area contributed by atoms with Crippen LogP contribution in [-0.4, -0.2) is 24.4 Å². The predicted octanol–water partition coefficient (Wildman–Crippen LogP) is 2.40. The van der Waals surface area contributed by atoms with Crippen molar-refractivity contribution >= 4 is 0 Å². The molecule has 0 heterocycles. The number of rotatable bonds is 4. The lowest BCUT2D eigenvalue weighted by atomic mass is 10.1. The van der Waals surface area contributed by atoms with Crippen LogP contribution in [0.15, 0.2) is 18.2 Å². The molecule has 1 saturated carbocycles. The van der Waals surface area contributed by atoms with Gasteiger partial charge >= 0.3 is 0 Å². The van der Waals surface area contributed by atoms with Crippen LogP contribution in [0.25, 0.3) is 0 Å². The minimum atomic E-state index is -0.427. The molecule has 18 heavy (non-hydrogen) atoms. The average Bonchev–Trinajstić information content (AvgIpc) is 2.74. The zero-order chi connectivity index (χ0) is 13.1. The van der Waals surface area contributed by atoms with E-state index >= 15 is 0 Å². The summed E-state index contributed by atoms with van der Waals surface area (Å²) in [7, 11) is 1.80. The molecule has 3 nitrogen and oxygen atoms in total. The van der Waals surface area contributed by atoms with Crippen molar-refractivity contribution in [2.24, 2.45) is 0 Å². The van der Waals surface area contributed by atoms with Gasteiger partial charge in [-0.15, -0.1) is 0 Å². The van der Waals surface area contributed by atoms with E-state index in [2.05, 4.69) is 5.32 Å². The quantitative estimate of drug-likeness (QED) is 0.865. The molecule has 100 valence electrons. The van der Waals surface area contributed by atoms with Crippen molar-refractivity contribution in [3.05, 3.63) is 29.6 Å². The first kappa shape index (κ1) is 13.3. The van der Waals surface area contributed by atoms with Crippen LogP contribution in [0.2, 0.25) is 0 Å². The van der Waals surface area contributed by atoms with Gasteiger partial charge in [0.05, 0.1) is 6.10 Å². The lowest BCUT2D eigenvalue weighted by Crippen LogP contribution is -2.25. The van der Waals surface area contributed by atoms with Crippen molar-refractivity contribution in [1.82, 2.24) is 5.32 Å². The van der Waals surface area contributed by atoms with Gasteiger partial charge in [-0.2, -0.15) is 0 Å². The van der Waals surface area contributed by atoms with Gasteiger partial charge in [-0.3, -0.25) is 0 Å². The van der Waals surface area contributed by atoms with Crippen molar-refractivity contribution in [2.75, 3.05) is 7.05 Å². The van der Waals surface area contributed by atoms with Crippen molar-refractivity contribution in [1.29, 1.82) is 0 Å². The number of hydrogen-bond acceptors (Lipinski definition) is 3. The normalized spacial score (nSPS) is 25.1. The number of halogens is 1. The summed E-state index contributed by atoms with van der Waals surface area (Å²) in [6, 6.07) is 4.86. The molecule has 0 aliphatic heterocycles. The zero-order valence-corrected chi connectivity index (χ0v) is 10.8. The van der Waals surface area contributed by atoms with Gasteiger partial charge in [0, 0.05) is 17.7 Å². The molecule has 2 rings (SSSR count). The molecular formula is C14H20FNO2. The second kappa shape index (κ2) is 5.67. The number of ether oxygens (including phenoxy) is 1. The molecule has 0 aromatic heterocycles. The number of nitrogens with one attached hydrogen (secondary N) is 1. The number of benzene rings is 1. The third-order valence-corrected chi connectivity index (χ3v) is 3.58. The van der Waals surface area contributed by atoms with Gasteiger partial charge in [0.15, 0.2) is 0 Å². The average molecular weight is 253 g/mol. The van der Waals surface area contributed by atoms with Gasteiger partial charge in [0.2, 0.25) is 0 Å². The summed E-state index contributed by atoms with van der Waals surface area (Å²) in [5.41, 5.74) is 0.622. The fourth-order valence-electron chi connectivity index (χ4n) is 2.31. The Kier molecular flexibility index (Phi) is 4.19. The summed E-state index contributed by atoms with van der Waals surface area (Å²) >= 11 is 0. The standard InChI is InChI=1S/C14H20FNO2/c1-9(16-2)11-7-6-10(8-12(11)15)18-14-5-3-4-13(14)17/h6-9,13-14,16-17H,3-5H2,1-2H3. The highest BCUT2D eigenvalue weighted by atomic mass is 19.1. The number of aliphatic hydroxyl groups excluding tert-OH is 1. The predicted molar refractivity (Wildman–Crippen MR) is 68.1 cm³/mol. The first-order valence-electron chi connectivity index (χ1n) is 6.43. The minimum Gasteiger partial charge on any atom is -0.488 e. The van der Waals surface area contributed by atoms with Crippen molar-refractivity contribution in [2.45, 2.75) is 44.4 Å². The topological polar surface area (TPSA) is 41.5 Å². The van der Waals surface area contributed by atoms with Crippen LogP contribution < -0.4 is 10.1 Å². The molecule has 2 N–H and O–H groups in total. The molecule has 0 spiro atoms. The number of aliphatic hydroxyl groups is 1. The molecule has 1 aliphatic rings. The maximum atomic E-state index is 13.9.